The summed E-state index contributed by atoms with van der Waals surface area (Å²) in [6.07, 6.45) is 3.04. The fourth-order valence-corrected chi connectivity index (χ4v) is 2.91. The van der Waals surface area contributed by atoms with E-state index in [9.17, 15) is 9.18 Å². The van der Waals surface area contributed by atoms with Crippen molar-refractivity contribution < 1.29 is 9.18 Å². The van der Waals surface area contributed by atoms with Crippen LogP contribution in [-0.4, -0.2) is 24.4 Å². The summed E-state index contributed by atoms with van der Waals surface area (Å²) in [5.74, 6) is 0.224. The Balaban J connectivity index is 1.99. The molecule has 0 bridgehead atoms. The maximum atomic E-state index is 13.1. The number of benzene rings is 1. The molecule has 0 aromatic heterocycles. The van der Waals surface area contributed by atoms with Crippen molar-refractivity contribution in [3.8, 4) is 0 Å². The van der Waals surface area contributed by atoms with E-state index >= 15 is 0 Å². The average molecular weight is 264 g/mol. The number of nitrogens with zero attached hydrogens (tertiary/aromatic N) is 1. The van der Waals surface area contributed by atoms with Gasteiger partial charge in [0.15, 0.2) is 0 Å². The van der Waals surface area contributed by atoms with E-state index in [1.807, 2.05) is 6.07 Å². The van der Waals surface area contributed by atoms with E-state index in [0.717, 1.165) is 24.8 Å². The van der Waals surface area contributed by atoms with Gasteiger partial charge in [0.1, 0.15) is 5.82 Å². The van der Waals surface area contributed by atoms with Gasteiger partial charge in [-0.3, -0.25) is 4.79 Å². The van der Waals surface area contributed by atoms with Gasteiger partial charge in [-0.15, -0.1) is 0 Å². The highest BCUT2D eigenvalue weighted by molar-refractivity contribution is 5.79. The van der Waals surface area contributed by atoms with E-state index < -0.39 is 0 Å². The number of hydrogen-bond acceptors (Lipinski definition) is 2. The number of carbonyl (C=O) groups excluding carboxylic acids is 1. The number of rotatable bonds is 4. The topological polar surface area (TPSA) is 46.3 Å². The summed E-state index contributed by atoms with van der Waals surface area (Å²) in [7, 11) is 1.78. The molecule has 4 heteroatoms. The summed E-state index contributed by atoms with van der Waals surface area (Å²) in [4.78, 5) is 14.1. The molecule has 1 aliphatic carbocycles. The van der Waals surface area contributed by atoms with E-state index in [0.29, 0.717) is 19.0 Å². The van der Waals surface area contributed by atoms with Gasteiger partial charge in [0.2, 0.25) is 5.91 Å². The lowest BCUT2D eigenvalue weighted by atomic mass is 9.95. The first-order chi connectivity index (χ1) is 9.11. The second-order valence-electron chi connectivity index (χ2n) is 5.36. The van der Waals surface area contributed by atoms with Crippen molar-refractivity contribution in [2.75, 3.05) is 13.6 Å². The molecule has 2 N–H and O–H groups in total. The predicted octanol–water partition coefficient (Wildman–Crippen LogP) is 2.16. The van der Waals surface area contributed by atoms with Gasteiger partial charge in [-0.05, 0) is 43.0 Å². The molecule has 2 rings (SSSR count). The molecule has 1 aromatic carbocycles. The van der Waals surface area contributed by atoms with E-state index in [1.54, 1.807) is 18.0 Å². The third kappa shape index (κ3) is 3.32. The highest BCUT2D eigenvalue weighted by Gasteiger charge is 2.33. The molecule has 0 aliphatic heterocycles. The van der Waals surface area contributed by atoms with Crippen LogP contribution in [0.1, 0.15) is 24.8 Å². The highest BCUT2D eigenvalue weighted by Crippen LogP contribution is 2.32. The molecule has 1 aromatic rings. The van der Waals surface area contributed by atoms with Crippen molar-refractivity contribution in [2.45, 2.75) is 25.8 Å². The third-order valence-corrected chi connectivity index (χ3v) is 3.96. The largest absolute Gasteiger partial charge is 0.341 e. The molecule has 2 unspecified atom stereocenters. The minimum atomic E-state index is -0.265. The van der Waals surface area contributed by atoms with Crippen molar-refractivity contribution in [3.63, 3.8) is 0 Å². The Morgan fingerprint density at radius 2 is 2.26 bits per heavy atom. The van der Waals surface area contributed by atoms with Crippen LogP contribution in [-0.2, 0) is 11.3 Å². The van der Waals surface area contributed by atoms with E-state index in [1.165, 1.54) is 12.1 Å². The maximum absolute atomic E-state index is 13.1. The van der Waals surface area contributed by atoms with Crippen molar-refractivity contribution in [3.05, 3.63) is 35.6 Å². The lowest BCUT2D eigenvalue weighted by Gasteiger charge is -2.24. The van der Waals surface area contributed by atoms with E-state index in [4.69, 9.17) is 5.73 Å². The normalized spacial score (nSPS) is 22.5. The van der Waals surface area contributed by atoms with Crippen molar-refractivity contribution in [1.29, 1.82) is 0 Å². The zero-order valence-electron chi connectivity index (χ0n) is 11.3. The monoisotopic (exact) mass is 264 g/mol. The minimum absolute atomic E-state index is 0.0450. The smallest absolute Gasteiger partial charge is 0.226 e. The fourth-order valence-electron chi connectivity index (χ4n) is 2.91. The molecule has 3 nitrogen and oxygen atoms in total. The van der Waals surface area contributed by atoms with Gasteiger partial charge in [0, 0.05) is 19.5 Å². The van der Waals surface area contributed by atoms with Gasteiger partial charge in [-0.2, -0.15) is 0 Å². The van der Waals surface area contributed by atoms with Gasteiger partial charge < -0.3 is 10.6 Å². The molecule has 0 radical (unpaired) electrons. The van der Waals surface area contributed by atoms with Crippen LogP contribution in [0, 0.1) is 17.7 Å². The first-order valence-corrected chi connectivity index (χ1v) is 6.81. The highest BCUT2D eigenvalue weighted by atomic mass is 19.1. The molecule has 0 spiro atoms. The van der Waals surface area contributed by atoms with Gasteiger partial charge >= 0.3 is 0 Å². The van der Waals surface area contributed by atoms with Crippen LogP contribution < -0.4 is 5.73 Å². The molecular weight excluding hydrogens is 243 g/mol. The quantitative estimate of drug-likeness (QED) is 0.906. The van der Waals surface area contributed by atoms with Crippen LogP contribution in [0.15, 0.2) is 24.3 Å². The van der Waals surface area contributed by atoms with Gasteiger partial charge in [0.05, 0.1) is 0 Å². The van der Waals surface area contributed by atoms with Crippen LogP contribution in [0.4, 0.5) is 4.39 Å². The second-order valence-corrected chi connectivity index (χ2v) is 5.36. The molecule has 2 atom stereocenters. The molecule has 0 heterocycles. The number of carbonyl (C=O) groups is 1. The average Bonchev–Trinajstić information content (AvgIpc) is 2.86. The van der Waals surface area contributed by atoms with Crippen LogP contribution in [0.2, 0.25) is 0 Å². The SMILES string of the molecule is CN(Cc1cccc(F)c1)C(=O)C1CCCC1CN. The zero-order valence-corrected chi connectivity index (χ0v) is 11.3. The number of hydrogen-bond donors (Lipinski definition) is 1. The summed E-state index contributed by atoms with van der Waals surface area (Å²) in [6, 6.07) is 6.38. The second kappa shape index (κ2) is 6.15. The summed E-state index contributed by atoms with van der Waals surface area (Å²) in [5.41, 5.74) is 6.53. The van der Waals surface area contributed by atoms with Crippen molar-refractivity contribution in [2.24, 2.45) is 17.6 Å². The molecule has 1 saturated carbocycles. The standard InChI is InChI=1S/C15H21FN2O/c1-18(10-11-4-2-6-13(16)8-11)15(19)14-7-3-5-12(14)9-17/h2,4,6,8,12,14H,3,5,7,9-10,17H2,1H3. The number of halogens is 1. The zero-order chi connectivity index (χ0) is 13.8. The Kier molecular flexibility index (Phi) is 4.53. The van der Waals surface area contributed by atoms with Crippen LogP contribution in [0.5, 0.6) is 0 Å². The summed E-state index contributed by atoms with van der Waals surface area (Å²) >= 11 is 0. The Labute approximate surface area is 113 Å². The lowest BCUT2D eigenvalue weighted by Crippen LogP contribution is -2.36. The maximum Gasteiger partial charge on any atom is 0.226 e. The first kappa shape index (κ1) is 14.0. The molecule has 1 fully saturated rings. The van der Waals surface area contributed by atoms with Crippen LogP contribution in [0.25, 0.3) is 0 Å². The lowest BCUT2D eigenvalue weighted by molar-refractivity contribution is -0.135. The molecule has 0 saturated heterocycles. The number of nitrogens with two attached hydrogens (primary N) is 1. The first-order valence-electron chi connectivity index (χ1n) is 6.81. The van der Waals surface area contributed by atoms with Gasteiger partial charge in [-0.1, -0.05) is 18.6 Å². The Morgan fingerprint density at radius 3 is 2.95 bits per heavy atom. The molecule has 1 amide bonds. The fraction of sp³-hybridized carbons (Fsp3) is 0.533. The van der Waals surface area contributed by atoms with E-state index in [-0.39, 0.29) is 17.6 Å². The predicted molar refractivity (Wildman–Crippen MR) is 72.8 cm³/mol. The molecule has 19 heavy (non-hydrogen) atoms. The molecule has 104 valence electrons. The summed E-state index contributed by atoms with van der Waals surface area (Å²) in [6.45, 7) is 1.02. The van der Waals surface area contributed by atoms with Crippen LogP contribution >= 0.6 is 0 Å². The number of amides is 1. The Hall–Kier alpha value is -1.42. The van der Waals surface area contributed by atoms with Crippen molar-refractivity contribution in [1.82, 2.24) is 4.90 Å². The Bertz CT molecular complexity index is 450. The Morgan fingerprint density at radius 1 is 1.47 bits per heavy atom. The summed E-state index contributed by atoms with van der Waals surface area (Å²) < 4.78 is 13.1. The third-order valence-electron chi connectivity index (χ3n) is 3.96. The van der Waals surface area contributed by atoms with Gasteiger partial charge in [0.25, 0.3) is 0 Å². The summed E-state index contributed by atoms with van der Waals surface area (Å²) in [5, 5.41) is 0. The van der Waals surface area contributed by atoms with Gasteiger partial charge in [-0.25, -0.2) is 4.39 Å². The van der Waals surface area contributed by atoms with Crippen molar-refractivity contribution >= 4 is 5.91 Å². The molecular formula is C15H21FN2O. The molecule has 1 aliphatic rings. The van der Waals surface area contributed by atoms with Crippen LogP contribution in [0.3, 0.4) is 0 Å². The minimum Gasteiger partial charge on any atom is -0.341 e. The van der Waals surface area contributed by atoms with E-state index in [2.05, 4.69) is 0 Å².